The maximum absolute atomic E-state index is 10.9. The van der Waals surface area contributed by atoms with Crippen molar-refractivity contribution in [2.45, 2.75) is 13.5 Å². The van der Waals surface area contributed by atoms with E-state index in [1.165, 1.54) is 18.3 Å². The van der Waals surface area contributed by atoms with Gasteiger partial charge in [-0.05, 0) is 25.1 Å². The number of benzene rings is 2. The number of halogens is 1. The number of para-hydroxylation sites is 2. The van der Waals surface area contributed by atoms with Crippen LogP contribution >= 0.6 is 11.6 Å². The highest BCUT2D eigenvalue weighted by atomic mass is 35.5. The van der Waals surface area contributed by atoms with Gasteiger partial charge in [0, 0.05) is 18.2 Å². The van der Waals surface area contributed by atoms with Crippen LogP contribution in [0.1, 0.15) is 12.5 Å². The Hall–Kier alpha value is -2.93. The predicted octanol–water partition coefficient (Wildman–Crippen LogP) is 4.06. The van der Waals surface area contributed by atoms with Crippen molar-refractivity contribution < 1.29 is 4.92 Å². The molecule has 0 amide bonds. The van der Waals surface area contributed by atoms with Gasteiger partial charge in [0.1, 0.15) is 5.02 Å². The molecule has 3 rings (SSSR count). The van der Waals surface area contributed by atoms with E-state index in [9.17, 15) is 10.1 Å². The van der Waals surface area contributed by atoms with Gasteiger partial charge in [-0.15, -0.1) is 0 Å². The third-order valence-electron chi connectivity index (χ3n) is 3.52. The highest BCUT2D eigenvalue weighted by Crippen LogP contribution is 2.24. The number of nitro groups is 1. The van der Waals surface area contributed by atoms with Crippen LogP contribution < -0.4 is 5.43 Å². The van der Waals surface area contributed by atoms with Crippen molar-refractivity contribution in [1.82, 2.24) is 9.55 Å². The fraction of sp³-hybridized carbons (Fsp3) is 0.125. The van der Waals surface area contributed by atoms with Gasteiger partial charge in [0.2, 0.25) is 5.95 Å². The molecule has 24 heavy (non-hydrogen) atoms. The van der Waals surface area contributed by atoms with Gasteiger partial charge in [-0.2, -0.15) is 5.10 Å². The van der Waals surface area contributed by atoms with Crippen LogP contribution in [-0.2, 0) is 6.54 Å². The van der Waals surface area contributed by atoms with E-state index in [0.29, 0.717) is 11.5 Å². The fourth-order valence-corrected chi connectivity index (χ4v) is 2.58. The van der Waals surface area contributed by atoms with Crippen molar-refractivity contribution >= 4 is 40.5 Å². The second kappa shape index (κ2) is 6.67. The molecule has 7 nitrogen and oxygen atoms in total. The van der Waals surface area contributed by atoms with E-state index in [1.807, 2.05) is 35.8 Å². The SMILES string of the molecule is CCn1c(N/N=C\c2ccc(Cl)c([N+](=O)[O-])c2)nc2ccccc21. The number of nitrogens with zero attached hydrogens (tertiary/aromatic N) is 4. The smallest absolute Gasteiger partial charge is 0.288 e. The minimum atomic E-state index is -0.524. The number of aryl methyl sites for hydroxylation is 1. The zero-order valence-corrected chi connectivity index (χ0v) is 13.6. The van der Waals surface area contributed by atoms with Crippen molar-refractivity contribution in [3.63, 3.8) is 0 Å². The Labute approximate surface area is 142 Å². The van der Waals surface area contributed by atoms with E-state index < -0.39 is 4.92 Å². The van der Waals surface area contributed by atoms with Crippen molar-refractivity contribution in [3.8, 4) is 0 Å². The number of nitrogens with one attached hydrogen (secondary N) is 1. The van der Waals surface area contributed by atoms with Crippen LogP contribution in [0.5, 0.6) is 0 Å². The van der Waals surface area contributed by atoms with Gasteiger partial charge in [0.25, 0.3) is 5.69 Å². The Morgan fingerprint density at radius 1 is 1.38 bits per heavy atom. The van der Waals surface area contributed by atoms with Crippen LogP contribution in [0.2, 0.25) is 5.02 Å². The lowest BCUT2D eigenvalue weighted by Gasteiger charge is -2.04. The lowest BCUT2D eigenvalue weighted by molar-refractivity contribution is -0.384. The molecule has 2 aromatic carbocycles. The Kier molecular flexibility index (Phi) is 4.43. The monoisotopic (exact) mass is 343 g/mol. The molecule has 0 aliphatic heterocycles. The summed E-state index contributed by atoms with van der Waals surface area (Å²) in [6.07, 6.45) is 1.49. The number of hydrogen-bond donors (Lipinski definition) is 1. The van der Waals surface area contributed by atoms with Crippen LogP contribution in [0.25, 0.3) is 11.0 Å². The molecule has 0 aliphatic carbocycles. The maximum Gasteiger partial charge on any atom is 0.288 e. The van der Waals surface area contributed by atoms with Gasteiger partial charge >= 0.3 is 0 Å². The molecule has 3 aromatic rings. The number of nitro benzene ring substituents is 1. The van der Waals surface area contributed by atoms with Crippen LogP contribution in [0.3, 0.4) is 0 Å². The number of rotatable bonds is 5. The average Bonchev–Trinajstić information content (AvgIpc) is 2.93. The summed E-state index contributed by atoms with van der Waals surface area (Å²) in [5.74, 6) is 0.610. The van der Waals surface area contributed by atoms with E-state index in [1.54, 1.807) is 6.07 Å². The second-order valence-corrected chi connectivity index (χ2v) is 5.41. The first-order valence-electron chi connectivity index (χ1n) is 7.28. The normalized spacial score (nSPS) is 11.2. The average molecular weight is 344 g/mol. The Bertz CT molecular complexity index is 935. The summed E-state index contributed by atoms with van der Waals surface area (Å²) in [5.41, 5.74) is 5.19. The van der Waals surface area contributed by atoms with E-state index >= 15 is 0 Å². The third kappa shape index (κ3) is 3.07. The maximum atomic E-state index is 10.9. The van der Waals surface area contributed by atoms with Crippen LogP contribution in [-0.4, -0.2) is 20.7 Å². The third-order valence-corrected chi connectivity index (χ3v) is 3.84. The molecular formula is C16H14ClN5O2. The molecule has 122 valence electrons. The Balaban J connectivity index is 1.84. The molecule has 0 unspecified atom stereocenters. The number of aromatic nitrogens is 2. The number of anilines is 1. The second-order valence-electron chi connectivity index (χ2n) is 5.01. The molecule has 0 aliphatic rings. The van der Waals surface area contributed by atoms with Crippen molar-refractivity contribution in [2.24, 2.45) is 5.10 Å². The molecule has 0 fully saturated rings. The summed E-state index contributed by atoms with van der Waals surface area (Å²) in [6, 6.07) is 12.3. The van der Waals surface area contributed by atoms with Gasteiger partial charge in [-0.3, -0.25) is 10.1 Å². The van der Waals surface area contributed by atoms with Gasteiger partial charge in [-0.25, -0.2) is 10.4 Å². The number of hydrogen-bond acceptors (Lipinski definition) is 5. The summed E-state index contributed by atoms with van der Waals surface area (Å²) in [5, 5.41) is 15.1. The van der Waals surface area contributed by atoms with E-state index in [2.05, 4.69) is 15.5 Å². The summed E-state index contributed by atoms with van der Waals surface area (Å²) in [4.78, 5) is 14.9. The molecule has 1 N–H and O–H groups in total. The summed E-state index contributed by atoms with van der Waals surface area (Å²) in [7, 11) is 0. The summed E-state index contributed by atoms with van der Waals surface area (Å²) in [6.45, 7) is 2.76. The zero-order valence-electron chi connectivity index (χ0n) is 12.8. The van der Waals surface area contributed by atoms with Crippen LogP contribution in [0, 0.1) is 10.1 Å². The highest BCUT2D eigenvalue weighted by molar-refractivity contribution is 6.32. The molecule has 8 heteroatoms. The molecule has 1 aromatic heterocycles. The summed E-state index contributed by atoms with van der Waals surface area (Å²) >= 11 is 5.79. The fourth-order valence-electron chi connectivity index (χ4n) is 2.40. The lowest BCUT2D eigenvalue weighted by Crippen LogP contribution is -2.02. The number of imidazole rings is 1. The predicted molar refractivity (Wildman–Crippen MR) is 94.7 cm³/mol. The molecule has 1 heterocycles. The van der Waals surface area contributed by atoms with Gasteiger partial charge in [-0.1, -0.05) is 29.8 Å². The standard InChI is InChI=1S/C16H14ClN5O2/c1-2-21-14-6-4-3-5-13(14)19-16(21)20-18-10-11-7-8-12(17)15(9-11)22(23)24/h3-10H,2H2,1H3,(H,19,20)/b18-10-. The first kappa shape index (κ1) is 15.9. The van der Waals surface area contributed by atoms with Gasteiger partial charge in [0.15, 0.2) is 0 Å². The number of hydrazone groups is 1. The van der Waals surface area contributed by atoms with E-state index in [-0.39, 0.29) is 10.7 Å². The van der Waals surface area contributed by atoms with E-state index in [0.717, 1.165) is 17.6 Å². The van der Waals surface area contributed by atoms with Gasteiger partial charge in [0.05, 0.1) is 22.2 Å². The largest absolute Gasteiger partial charge is 0.309 e. The lowest BCUT2D eigenvalue weighted by atomic mass is 10.2. The zero-order chi connectivity index (χ0) is 17.1. The first-order valence-corrected chi connectivity index (χ1v) is 7.66. The van der Waals surface area contributed by atoms with E-state index in [4.69, 9.17) is 11.6 Å². The minimum Gasteiger partial charge on any atom is -0.309 e. The number of fused-ring (bicyclic) bond motifs is 1. The molecule has 0 spiro atoms. The first-order chi connectivity index (χ1) is 11.6. The molecule has 0 saturated heterocycles. The Morgan fingerprint density at radius 2 is 2.17 bits per heavy atom. The van der Waals surface area contributed by atoms with Crippen LogP contribution in [0.15, 0.2) is 47.6 Å². The minimum absolute atomic E-state index is 0.0953. The van der Waals surface area contributed by atoms with Crippen LogP contribution in [0.4, 0.5) is 11.6 Å². The molecule has 0 atom stereocenters. The quantitative estimate of drug-likeness (QED) is 0.430. The van der Waals surface area contributed by atoms with Crippen molar-refractivity contribution in [2.75, 3.05) is 5.43 Å². The van der Waals surface area contributed by atoms with Crippen molar-refractivity contribution in [3.05, 3.63) is 63.2 Å². The molecule has 0 saturated carbocycles. The molecule has 0 radical (unpaired) electrons. The van der Waals surface area contributed by atoms with Gasteiger partial charge < -0.3 is 4.57 Å². The topological polar surface area (TPSA) is 85.3 Å². The Morgan fingerprint density at radius 3 is 2.92 bits per heavy atom. The molecular weight excluding hydrogens is 330 g/mol. The summed E-state index contributed by atoms with van der Waals surface area (Å²) < 4.78 is 2.00. The van der Waals surface area contributed by atoms with Crippen molar-refractivity contribution in [1.29, 1.82) is 0 Å². The molecule has 0 bridgehead atoms. The highest BCUT2D eigenvalue weighted by Gasteiger charge is 2.12.